The van der Waals surface area contributed by atoms with Crippen molar-refractivity contribution >= 4 is 11.8 Å². The lowest BCUT2D eigenvalue weighted by Gasteiger charge is -2.27. The lowest BCUT2D eigenvalue weighted by Crippen LogP contribution is -2.44. The molecule has 2 aromatic rings. The highest BCUT2D eigenvalue weighted by Gasteiger charge is 2.66. The van der Waals surface area contributed by atoms with Gasteiger partial charge in [-0.25, -0.2) is 0 Å². The van der Waals surface area contributed by atoms with Crippen molar-refractivity contribution in [2.24, 2.45) is 11.8 Å². The van der Waals surface area contributed by atoms with Crippen LogP contribution in [0.25, 0.3) is 0 Å². The predicted molar refractivity (Wildman–Crippen MR) is 116 cm³/mol. The molecule has 0 aliphatic carbocycles. The van der Waals surface area contributed by atoms with Gasteiger partial charge in [0.25, 0.3) is 0 Å². The van der Waals surface area contributed by atoms with Crippen molar-refractivity contribution in [1.82, 2.24) is 14.8 Å². The monoisotopic (exact) mass is 417 g/mol. The third kappa shape index (κ3) is 3.45. The van der Waals surface area contributed by atoms with Gasteiger partial charge in [-0.05, 0) is 31.0 Å². The van der Waals surface area contributed by atoms with Crippen LogP contribution in [0.3, 0.4) is 0 Å². The van der Waals surface area contributed by atoms with E-state index in [0.29, 0.717) is 19.6 Å². The van der Waals surface area contributed by atoms with E-state index in [-0.39, 0.29) is 17.9 Å². The summed E-state index contributed by atoms with van der Waals surface area (Å²) in [6.45, 7) is 3.63. The molecule has 0 radical (unpaired) electrons. The van der Waals surface area contributed by atoms with E-state index in [1.807, 2.05) is 35.3 Å². The highest BCUT2D eigenvalue weighted by Crippen LogP contribution is 2.52. The second kappa shape index (κ2) is 7.61. The molecule has 160 valence electrons. The van der Waals surface area contributed by atoms with Crippen molar-refractivity contribution in [3.8, 4) is 0 Å². The number of aromatic nitrogens is 1. The zero-order valence-electron chi connectivity index (χ0n) is 17.9. The maximum Gasteiger partial charge on any atom is 0.230 e. The molecule has 2 unspecified atom stereocenters. The summed E-state index contributed by atoms with van der Waals surface area (Å²) in [6.07, 6.45) is 6.16. The summed E-state index contributed by atoms with van der Waals surface area (Å²) in [6, 6.07) is 14.1. The molecule has 2 amide bonds. The van der Waals surface area contributed by atoms with Crippen LogP contribution in [-0.2, 0) is 27.3 Å². The number of nitrogens with zero attached hydrogens (tertiary/aromatic N) is 3. The van der Waals surface area contributed by atoms with Gasteiger partial charge in [0, 0.05) is 19.8 Å². The zero-order chi connectivity index (χ0) is 21.6. The molecule has 2 saturated heterocycles. The van der Waals surface area contributed by atoms with Gasteiger partial charge in [0.15, 0.2) is 0 Å². The van der Waals surface area contributed by atoms with Crippen molar-refractivity contribution < 1.29 is 14.3 Å². The van der Waals surface area contributed by atoms with Crippen LogP contribution in [0.2, 0.25) is 0 Å². The van der Waals surface area contributed by atoms with Gasteiger partial charge in [-0.2, -0.15) is 0 Å². The lowest BCUT2D eigenvalue weighted by atomic mass is 9.76. The van der Waals surface area contributed by atoms with Gasteiger partial charge in [0.1, 0.15) is 5.60 Å². The Morgan fingerprint density at radius 1 is 1.26 bits per heavy atom. The first-order valence-electron chi connectivity index (χ1n) is 10.8. The van der Waals surface area contributed by atoms with Crippen LogP contribution in [-0.4, -0.2) is 58.4 Å². The van der Waals surface area contributed by atoms with Crippen molar-refractivity contribution in [2.75, 3.05) is 20.1 Å². The van der Waals surface area contributed by atoms with Gasteiger partial charge in [-0.15, -0.1) is 0 Å². The number of benzene rings is 1. The Labute approximate surface area is 182 Å². The molecule has 1 aromatic heterocycles. The molecular formula is C25H27N3O3. The number of fused-ring (bicyclic) bond motifs is 1. The van der Waals surface area contributed by atoms with Gasteiger partial charge in [-0.3, -0.25) is 14.6 Å². The molecule has 0 N–H and O–H groups in total. The van der Waals surface area contributed by atoms with Gasteiger partial charge >= 0.3 is 0 Å². The molecule has 2 fully saturated rings. The standard InChI is InChI=1S/C25H27N3O3/c1-17-6-8-18(9-7-17)11-14-28-16-25-12-10-20(31-25)21(22(25)24(28)30)23(29)27(2)15-19-5-3-4-13-26-19/h3-10,12-13,20-22H,11,14-16H2,1-2H3/t20-,21?,22?,25-/m1/s1. The number of ether oxygens (including phenoxy) is 1. The second-order valence-corrected chi connectivity index (χ2v) is 8.91. The van der Waals surface area contributed by atoms with E-state index in [0.717, 1.165) is 12.1 Å². The molecule has 1 aromatic carbocycles. The lowest BCUT2D eigenvalue weighted by molar-refractivity contribution is -0.142. The largest absolute Gasteiger partial charge is 0.360 e. The summed E-state index contributed by atoms with van der Waals surface area (Å²) >= 11 is 0. The molecule has 3 aliphatic heterocycles. The Hall–Kier alpha value is -2.99. The quantitative estimate of drug-likeness (QED) is 0.677. The summed E-state index contributed by atoms with van der Waals surface area (Å²) < 4.78 is 6.25. The molecule has 6 nitrogen and oxygen atoms in total. The van der Waals surface area contributed by atoms with Crippen LogP contribution in [0.15, 0.2) is 60.8 Å². The smallest absolute Gasteiger partial charge is 0.230 e. The summed E-state index contributed by atoms with van der Waals surface area (Å²) in [4.78, 5) is 34.6. The number of rotatable bonds is 6. The first-order valence-corrected chi connectivity index (χ1v) is 10.8. The number of aryl methyl sites for hydroxylation is 1. The van der Waals surface area contributed by atoms with E-state index in [1.165, 1.54) is 11.1 Å². The summed E-state index contributed by atoms with van der Waals surface area (Å²) in [5.74, 6) is -0.945. The number of carbonyl (C=O) groups excluding carboxylic acids is 2. The van der Waals surface area contributed by atoms with Crippen LogP contribution in [0.4, 0.5) is 0 Å². The number of hydrogen-bond acceptors (Lipinski definition) is 4. The molecule has 5 rings (SSSR count). The number of likely N-dealkylation sites (tertiary alicyclic amines) is 1. The first kappa shape index (κ1) is 19.9. The minimum Gasteiger partial charge on any atom is -0.360 e. The van der Waals surface area contributed by atoms with Crippen LogP contribution in [0, 0.1) is 18.8 Å². The molecule has 1 spiro atoms. The SMILES string of the molecule is Cc1ccc(CCN2C[C@@]34C=C[C@@H](O3)C(C(=O)N(C)Cc3ccccn3)C4C2=O)cc1. The molecule has 6 heteroatoms. The van der Waals surface area contributed by atoms with Gasteiger partial charge < -0.3 is 14.5 Å². The highest BCUT2D eigenvalue weighted by molar-refractivity contribution is 5.93. The van der Waals surface area contributed by atoms with Crippen LogP contribution < -0.4 is 0 Å². The summed E-state index contributed by atoms with van der Waals surface area (Å²) in [7, 11) is 1.77. The van der Waals surface area contributed by atoms with E-state index in [4.69, 9.17) is 4.74 Å². The van der Waals surface area contributed by atoms with Crippen molar-refractivity contribution in [3.05, 3.63) is 77.6 Å². The molecular weight excluding hydrogens is 390 g/mol. The fourth-order valence-electron chi connectivity index (χ4n) is 5.14. The van der Waals surface area contributed by atoms with Crippen molar-refractivity contribution in [2.45, 2.75) is 31.6 Å². The molecule has 4 heterocycles. The highest BCUT2D eigenvalue weighted by atomic mass is 16.5. The number of hydrogen-bond donors (Lipinski definition) is 0. The topological polar surface area (TPSA) is 62.7 Å². The Kier molecular flexibility index (Phi) is 4.89. The first-order chi connectivity index (χ1) is 15.0. The minimum atomic E-state index is -0.665. The van der Waals surface area contributed by atoms with E-state index in [1.54, 1.807) is 18.1 Å². The second-order valence-electron chi connectivity index (χ2n) is 8.91. The Bertz CT molecular complexity index is 1020. The fourth-order valence-corrected chi connectivity index (χ4v) is 5.14. The van der Waals surface area contributed by atoms with E-state index in [9.17, 15) is 9.59 Å². The average molecular weight is 418 g/mol. The van der Waals surface area contributed by atoms with Gasteiger partial charge in [0.05, 0.1) is 36.7 Å². The van der Waals surface area contributed by atoms with E-state index in [2.05, 4.69) is 36.2 Å². The third-order valence-electron chi connectivity index (χ3n) is 6.76. The summed E-state index contributed by atoms with van der Waals surface area (Å²) in [5.41, 5.74) is 2.59. The van der Waals surface area contributed by atoms with Crippen molar-refractivity contribution in [3.63, 3.8) is 0 Å². The number of amides is 2. The average Bonchev–Trinajstić information content (AvgIpc) is 3.41. The van der Waals surface area contributed by atoms with Gasteiger partial charge in [-0.1, -0.05) is 48.0 Å². The Morgan fingerprint density at radius 2 is 2.06 bits per heavy atom. The Morgan fingerprint density at radius 3 is 2.81 bits per heavy atom. The van der Waals surface area contributed by atoms with E-state index >= 15 is 0 Å². The van der Waals surface area contributed by atoms with Crippen LogP contribution in [0.1, 0.15) is 16.8 Å². The number of carbonyl (C=O) groups is 2. The molecule has 0 saturated carbocycles. The predicted octanol–water partition coefficient (Wildman–Crippen LogP) is 2.37. The van der Waals surface area contributed by atoms with E-state index < -0.39 is 17.4 Å². The summed E-state index contributed by atoms with van der Waals surface area (Å²) in [5, 5.41) is 0. The fraction of sp³-hybridized carbons (Fsp3) is 0.400. The van der Waals surface area contributed by atoms with Crippen LogP contribution >= 0.6 is 0 Å². The zero-order valence-corrected chi connectivity index (χ0v) is 17.9. The third-order valence-corrected chi connectivity index (χ3v) is 6.76. The van der Waals surface area contributed by atoms with Crippen LogP contribution in [0.5, 0.6) is 0 Å². The normalized spacial score (nSPS) is 28.3. The number of pyridine rings is 1. The van der Waals surface area contributed by atoms with Gasteiger partial charge in [0.2, 0.25) is 11.8 Å². The molecule has 4 atom stereocenters. The maximum absolute atomic E-state index is 13.4. The maximum atomic E-state index is 13.4. The van der Waals surface area contributed by atoms with Crippen molar-refractivity contribution in [1.29, 1.82) is 0 Å². The molecule has 2 bridgehead atoms. The molecule has 3 aliphatic rings. The Balaban J connectivity index is 1.30. The minimum absolute atomic E-state index is 0.0311. The molecule has 31 heavy (non-hydrogen) atoms.